The minimum Gasteiger partial charge on any atom is -0.393 e. The Balaban J connectivity index is 1.55. The highest BCUT2D eigenvalue weighted by Gasteiger charge is 2.65. The zero-order chi connectivity index (χ0) is 22.8. The van der Waals surface area contributed by atoms with Gasteiger partial charge in [0.25, 0.3) is 10.1 Å². The van der Waals surface area contributed by atoms with Crippen LogP contribution in [0.25, 0.3) is 0 Å². The first-order valence-corrected chi connectivity index (χ1v) is 14.0. The summed E-state index contributed by atoms with van der Waals surface area (Å²) >= 11 is 0. The van der Waals surface area contributed by atoms with E-state index in [0.29, 0.717) is 31.1 Å². The van der Waals surface area contributed by atoms with Crippen LogP contribution in [-0.2, 0) is 10.1 Å². The normalized spacial score (nSPS) is 50.9. The van der Waals surface area contributed by atoms with E-state index in [1.54, 1.807) is 0 Å². The number of fused-ring (bicyclic) bond motifs is 5. The predicted molar refractivity (Wildman–Crippen MR) is 119 cm³/mol. The Kier molecular flexibility index (Phi) is 6.35. The third-order valence-electron chi connectivity index (χ3n) is 10.6. The molecule has 0 aromatic heterocycles. The topological polar surface area (TPSA) is 115 Å². The maximum absolute atomic E-state index is 11.5. The molecule has 11 atom stereocenters. The Bertz CT molecular complexity index is 770. The van der Waals surface area contributed by atoms with Gasteiger partial charge in [0, 0.05) is 0 Å². The van der Waals surface area contributed by atoms with Crippen molar-refractivity contribution >= 4 is 10.1 Å². The standard InChI is InChI=1S/C24H42O6S/c1-14(5-4-10-31(28,29)30)17-6-7-18-22-19(13-21(27)24(17,18)3)23(2)9-8-16(25)11-15(23)12-20(22)26/h14-22,25-27H,4-13H2,1-3H3,(H,28,29,30)/t14-,15+,16-,17-,18?,19?,20+,21-,22?,23+,24-/m1/s1. The van der Waals surface area contributed by atoms with Crippen LogP contribution in [0.3, 0.4) is 0 Å². The van der Waals surface area contributed by atoms with E-state index in [1.165, 1.54) is 0 Å². The van der Waals surface area contributed by atoms with Gasteiger partial charge in [-0.05, 0) is 104 Å². The molecule has 0 aromatic rings. The molecule has 4 fully saturated rings. The van der Waals surface area contributed by atoms with Crippen LogP contribution in [-0.4, -0.2) is 52.4 Å². The van der Waals surface area contributed by atoms with E-state index in [1.807, 2.05) is 0 Å². The average molecular weight is 459 g/mol. The summed E-state index contributed by atoms with van der Waals surface area (Å²) < 4.78 is 31.3. The number of hydrogen-bond acceptors (Lipinski definition) is 5. The Hall–Kier alpha value is -0.210. The molecule has 31 heavy (non-hydrogen) atoms. The first-order chi connectivity index (χ1) is 14.4. The lowest BCUT2D eigenvalue weighted by molar-refractivity contribution is -0.207. The Morgan fingerprint density at radius 1 is 1.00 bits per heavy atom. The first kappa shape index (κ1) is 23.9. The summed E-state index contributed by atoms with van der Waals surface area (Å²) in [6, 6.07) is 0. The molecular formula is C24H42O6S. The molecule has 180 valence electrons. The molecule has 4 rings (SSSR count). The fourth-order valence-corrected chi connectivity index (χ4v) is 9.45. The predicted octanol–water partition coefficient (Wildman–Crippen LogP) is 3.25. The van der Waals surface area contributed by atoms with Crippen LogP contribution in [0.4, 0.5) is 0 Å². The van der Waals surface area contributed by atoms with Gasteiger partial charge in [-0.2, -0.15) is 8.42 Å². The fraction of sp³-hybridized carbons (Fsp3) is 1.00. The highest BCUT2D eigenvalue weighted by atomic mass is 32.2. The van der Waals surface area contributed by atoms with Crippen LogP contribution in [0.1, 0.15) is 78.6 Å². The zero-order valence-electron chi connectivity index (χ0n) is 19.3. The quantitative estimate of drug-likeness (QED) is 0.470. The first-order valence-electron chi connectivity index (χ1n) is 12.4. The van der Waals surface area contributed by atoms with Crippen molar-refractivity contribution in [3.05, 3.63) is 0 Å². The van der Waals surface area contributed by atoms with E-state index in [4.69, 9.17) is 4.55 Å². The SMILES string of the molecule is C[C@H](CCCS(=O)(=O)O)[C@H]1CCC2C3C(C[C@@H](O)[C@@]21C)[C@@]1(C)CC[C@@H](O)C[C@H]1C[C@@H]3O. The van der Waals surface area contributed by atoms with E-state index in [-0.39, 0.29) is 52.5 Å². The number of aliphatic hydroxyl groups excluding tert-OH is 3. The molecule has 3 unspecified atom stereocenters. The fourth-order valence-electron chi connectivity index (χ4n) is 8.92. The summed E-state index contributed by atoms with van der Waals surface area (Å²) in [6.07, 6.45) is 6.11. The van der Waals surface area contributed by atoms with Crippen LogP contribution in [0, 0.1) is 46.3 Å². The molecule has 0 saturated heterocycles. The third-order valence-corrected chi connectivity index (χ3v) is 11.4. The molecule has 4 saturated carbocycles. The lowest BCUT2D eigenvalue weighted by atomic mass is 9.43. The third kappa shape index (κ3) is 4.01. The molecule has 4 aliphatic rings. The van der Waals surface area contributed by atoms with Gasteiger partial charge in [-0.15, -0.1) is 0 Å². The van der Waals surface area contributed by atoms with Crippen LogP contribution < -0.4 is 0 Å². The molecule has 0 radical (unpaired) electrons. The highest BCUT2D eigenvalue weighted by molar-refractivity contribution is 7.85. The summed E-state index contributed by atoms with van der Waals surface area (Å²) in [7, 11) is -3.94. The van der Waals surface area contributed by atoms with Gasteiger partial charge >= 0.3 is 0 Å². The molecule has 0 aliphatic heterocycles. The van der Waals surface area contributed by atoms with Crippen molar-refractivity contribution in [1.82, 2.24) is 0 Å². The van der Waals surface area contributed by atoms with Crippen molar-refractivity contribution in [2.45, 2.75) is 96.9 Å². The molecule has 0 heterocycles. The summed E-state index contributed by atoms with van der Waals surface area (Å²) in [4.78, 5) is 0. The number of aliphatic hydroxyl groups is 3. The van der Waals surface area contributed by atoms with Crippen molar-refractivity contribution in [2.24, 2.45) is 46.3 Å². The van der Waals surface area contributed by atoms with Crippen molar-refractivity contribution < 1.29 is 28.3 Å². The van der Waals surface area contributed by atoms with Crippen LogP contribution in [0.15, 0.2) is 0 Å². The zero-order valence-corrected chi connectivity index (χ0v) is 20.1. The van der Waals surface area contributed by atoms with E-state index in [0.717, 1.165) is 38.5 Å². The van der Waals surface area contributed by atoms with Crippen LogP contribution >= 0.6 is 0 Å². The molecular weight excluding hydrogens is 416 g/mol. The molecule has 0 bridgehead atoms. The minimum absolute atomic E-state index is 0.0740. The van der Waals surface area contributed by atoms with Gasteiger partial charge in [0.05, 0.1) is 24.1 Å². The molecule has 0 aromatic carbocycles. The molecule has 0 spiro atoms. The van der Waals surface area contributed by atoms with Crippen molar-refractivity contribution in [1.29, 1.82) is 0 Å². The molecule has 7 heteroatoms. The van der Waals surface area contributed by atoms with Crippen LogP contribution in [0.2, 0.25) is 0 Å². The largest absolute Gasteiger partial charge is 0.393 e. The summed E-state index contributed by atoms with van der Waals surface area (Å²) in [6.45, 7) is 6.70. The molecule has 4 aliphatic carbocycles. The summed E-state index contributed by atoms with van der Waals surface area (Å²) in [5.41, 5.74) is -0.193. The van der Waals surface area contributed by atoms with Gasteiger partial charge in [-0.1, -0.05) is 20.8 Å². The lowest BCUT2D eigenvalue weighted by Gasteiger charge is -2.63. The van der Waals surface area contributed by atoms with Crippen molar-refractivity contribution in [2.75, 3.05) is 5.75 Å². The van der Waals surface area contributed by atoms with Gasteiger partial charge in [0.2, 0.25) is 0 Å². The molecule has 0 amide bonds. The van der Waals surface area contributed by atoms with Gasteiger partial charge in [0.1, 0.15) is 0 Å². The molecule has 4 N–H and O–H groups in total. The average Bonchev–Trinajstić information content (AvgIpc) is 3.01. The maximum atomic E-state index is 11.5. The van der Waals surface area contributed by atoms with Gasteiger partial charge in [-0.25, -0.2) is 0 Å². The maximum Gasteiger partial charge on any atom is 0.264 e. The summed E-state index contributed by atoms with van der Waals surface area (Å²) in [5, 5.41) is 33.0. The Morgan fingerprint density at radius 3 is 2.39 bits per heavy atom. The summed E-state index contributed by atoms with van der Waals surface area (Å²) in [5.74, 6) is 1.42. The van der Waals surface area contributed by atoms with Crippen molar-refractivity contribution in [3.63, 3.8) is 0 Å². The second-order valence-corrected chi connectivity index (χ2v) is 13.5. The van der Waals surface area contributed by atoms with Gasteiger partial charge in [-0.3, -0.25) is 4.55 Å². The highest BCUT2D eigenvalue weighted by Crippen LogP contribution is 2.68. The van der Waals surface area contributed by atoms with Crippen LogP contribution in [0.5, 0.6) is 0 Å². The van der Waals surface area contributed by atoms with E-state index < -0.39 is 16.2 Å². The Morgan fingerprint density at radius 2 is 1.71 bits per heavy atom. The number of hydrogen-bond donors (Lipinski definition) is 4. The van der Waals surface area contributed by atoms with Gasteiger partial charge < -0.3 is 15.3 Å². The van der Waals surface area contributed by atoms with E-state index in [2.05, 4.69) is 20.8 Å². The van der Waals surface area contributed by atoms with Gasteiger partial charge in [0.15, 0.2) is 0 Å². The number of rotatable bonds is 5. The van der Waals surface area contributed by atoms with Crippen molar-refractivity contribution in [3.8, 4) is 0 Å². The van der Waals surface area contributed by atoms with E-state index in [9.17, 15) is 23.7 Å². The van der Waals surface area contributed by atoms with E-state index >= 15 is 0 Å². The minimum atomic E-state index is -3.94. The Labute approximate surface area is 187 Å². The smallest absolute Gasteiger partial charge is 0.264 e. The lowest BCUT2D eigenvalue weighted by Crippen LogP contribution is -2.62. The second-order valence-electron chi connectivity index (χ2n) is 11.9. The monoisotopic (exact) mass is 458 g/mol. The molecule has 6 nitrogen and oxygen atoms in total. The second kappa shape index (κ2) is 8.23.